The summed E-state index contributed by atoms with van der Waals surface area (Å²) in [4.78, 5) is 35.0. The molecule has 2 aliphatic rings. The van der Waals surface area contributed by atoms with Gasteiger partial charge < -0.3 is 15.0 Å². The van der Waals surface area contributed by atoms with E-state index >= 15 is 0 Å². The molecule has 0 aromatic carbocycles. The molecule has 0 aromatic heterocycles. The van der Waals surface area contributed by atoms with Crippen molar-refractivity contribution in [1.29, 1.82) is 0 Å². The van der Waals surface area contributed by atoms with Gasteiger partial charge in [0.25, 0.3) is 5.91 Å². The van der Waals surface area contributed by atoms with Gasteiger partial charge in [-0.3, -0.25) is 14.4 Å². The molecule has 6 nitrogen and oxygen atoms in total. The number of nitrogens with one attached hydrogen (secondary N) is 1. The molecule has 2 amide bonds. The van der Waals surface area contributed by atoms with Gasteiger partial charge in [-0.05, 0) is 5.57 Å². The number of β-lactam (4-membered cyclic amide) rings is 1. The van der Waals surface area contributed by atoms with Crippen LogP contribution in [0.3, 0.4) is 0 Å². The lowest BCUT2D eigenvalue weighted by Crippen LogP contribution is -2.68. The molecule has 1 saturated heterocycles. The van der Waals surface area contributed by atoms with Gasteiger partial charge in [0, 0.05) is 25.8 Å². The zero-order chi connectivity index (χ0) is 13.3. The van der Waals surface area contributed by atoms with Crippen molar-refractivity contribution in [2.75, 3.05) is 12.4 Å². The summed E-state index contributed by atoms with van der Waals surface area (Å²) < 4.78 is 4.89. The Kier molecular flexibility index (Phi) is 3.60. The van der Waals surface area contributed by atoms with Crippen LogP contribution in [0.5, 0.6) is 0 Å². The second-order valence-electron chi connectivity index (χ2n) is 4.19. The van der Waals surface area contributed by atoms with Crippen molar-refractivity contribution in [1.82, 2.24) is 10.2 Å². The molecule has 1 fully saturated rings. The third kappa shape index (κ3) is 2.50. The summed E-state index contributed by atoms with van der Waals surface area (Å²) in [5.41, 5.74) is 0.890. The Labute approximate surface area is 109 Å². The first-order valence-electron chi connectivity index (χ1n) is 5.53. The molecule has 0 unspecified atom stereocenters. The van der Waals surface area contributed by atoms with Crippen molar-refractivity contribution in [3.05, 3.63) is 11.8 Å². The monoisotopic (exact) mass is 270 g/mol. The summed E-state index contributed by atoms with van der Waals surface area (Å²) >= 11 is 1.56. The Bertz CT molecular complexity index is 435. The highest BCUT2D eigenvalue weighted by Gasteiger charge is 2.49. The van der Waals surface area contributed by atoms with Gasteiger partial charge in [0.1, 0.15) is 18.0 Å². The number of hydrogen-bond acceptors (Lipinski definition) is 5. The number of thioether (sulfide) groups is 1. The molecular formula is C11H14N2O4S. The summed E-state index contributed by atoms with van der Waals surface area (Å²) in [6.07, 6.45) is 1.71. The third-order valence-electron chi connectivity index (χ3n) is 2.66. The van der Waals surface area contributed by atoms with Gasteiger partial charge in [0.2, 0.25) is 5.91 Å². The van der Waals surface area contributed by atoms with Gasteiger partial charge in [0.15, 0.2) is 0 Å². The first-order valence-corrected chi connectivity index (χ1v) is 6.57. The fourth-order valence-electron chi connectivity index (χ4n) is 1.85. The zero-order valence-corrected chi connectivity index (χ0v) is 11.0. The fourth-order valence-corrected chi connectivity index (χ4v) is 3.10. The topological polar surface area (TPSA) is 75.7 Å². The van der Waals surface area contributed by atoms with Crippen LogP contribution in [0, 0.1) is 0 Å². The lowest BCUT2D eigenvalue weighted by molar-refractivity contribution is -0.144. The molecule has 0 aliphatic carbocycles. The van der Waals surface area contributed by atoms with E-state index in [-0.39, 0.29) is 29.8 Å². The van der Waals surface area contributed by atoms with Crippen molar-refractivity contribution in [2.24, 2.45) is 0 Å². The molecule has 2 aliphatic heterocycles. The van der Waals surface area contributed by atoms with Crippen LogP contribution in [0.25, 0.3) is 0 Å². The van der Waals surface area contributed by atoms with E-state index in [1.54, 1.807) is 22.9 Å². The number of esters is 1. The summed E-state index contributed by atoms with van der Waals surface area (Å²) in [5, 5.41) is 2.59. The normalized spacial score (nSPS) is 25.8. The van der Waals surface area contributed by atoms with Gasteiger partial charge in [0.05, 0.1) is 0 Å². The fraction of sp³-hybridized carbons (Fsp3) is 0.545. The van der Waals surface area contributed by atoms with E-state index in [9.17, 15) is 14.4 Å². The molecule has 2 heterocycles. The average Bonchev–Trinajstić information content (AvgIpc) is 2.32. The largest absolute Gasteiger partial charge is 0.461 e. The van der Waals surface area contributed by atoms with Crippen molar-refractivity contribution in [3.63, 3.8) is 0 Å². The second-order valence-corrected chi connectivity index (χ2v) is 5.30. The number of amides is 2. The highest BCUT2D eigenvalue weighted by Crippen LogP contribution is 2.35. The first kappa shape index (κ1) is 12.9. The van der Waals surface area contributed by atoms with Crippen LogP contribution in [0.2, 0.25) is 0 Å². The lowest BCUT2D eigenvalue weighted by Gasteiger charge is -2.47. The molecule has 0 radical (unpaired) electrons. The van der Waals surface area contributed by atoms with Gasteiger partial charge in [-0.1, -0.05) is 0 Å². The molecule has 0 spiro atoms. The van der Waals surface area contributed by atoms with E-state index in [4.69, 9.17) is 4.74 Å². The number of nitrogens with zero attached hydrogens (tertiary/aromatic N) is 1. The number of fused-ring (bicyclic) bond motifs is 1. The molecule has 18 heavy (non-hydrogen) atoms. The smallest absolute Gasteiger partial charge is 0.302 e. The molecule has 0 aromatic rings. The van der Waals surface area contributed by atoms with E-state index in [0.29, 0.717) is 5.75 Å². The van der Waals surface area contributed by atoms with Crippen molar-refractivity contribution >= 4 is 29.5 Å². The van der Waals surface area contributed by atoms with Crippen molar-refractivity contribution < 1.29 is 19.1 Å². The van der Waals surface area contributed by atoms with E-state index in [1.807, 2.05) is 0 Å². The van der Waals surface area contributed by atoms with Crippen LogP contribution in [0.15, 0.2) is 11.8 Å². The number of ether oxygens (including phenoxy) is 1. The van der Waals surface area contributed by atoms with E-state index in [1.165, 1.54) is 13.8 Å². The molecular weight excluding hydrogens is 256 g/mol. The molecule has 7 heteroatoms. The van der Waals surface area contributed by atoms with Crippen LogP contribution in [0.4, 0.5) is 0 Å². The van der Waals surface area contributed by atoms with Crippen LogP contribution < -0.4 is 5.32 Å². The average molecular weight is 270 g/mol. The minimum atomic E-state index is -0.431. The summed E-state index contributed by atoms with van der Waals surface area (Å²) in [5.74, 6) is 0.0257. The standard InChI is InChI=1S/C11H14N2O4S/c1-6(14)12-9-10(16)13-3-8(4-17-7(2)15)5-18-11(9)13/h3,9,11H,4-5H2,1-2H3,(H,12,14)/t9-,11-/m1/s1. The predicted octanol–water partition coefficient (Wildman–Crippen LogP) is -0.147. The minimum absolute atomic E-state index is 0.0394. The Morgan fingerprint density at radius 3 is 2.89 bits per heavy atom. The van der Waals surface area contributed by atoms with E-state index in [0.717, 1.165) is 5.57 Å². The molecule has 0 saturated carbocycles. The lowest BCUT2D eigenvalue weighted by atomic mass is 10.1. The van der Waals surface area contributed by atoms with Gasteiger partial charge in [-0.15, -0.1) is 11.8 Å². The Morgan fingerprint density at radius 1 is 1.56 bits per heavy atom. The number of carbonyl (C=O) groups is 3. The van der Waals surface area contributed by atoms with Crippen LogP contribution in [-0.2, 0) is 19.1 Å². The molecule has 0 bridgehead atoms. The summed E-state index contributed by atoms with van der Waals surface area (Å²) in [7, 11) is 0. The number of hydrogen-bond donors (Lipinski definition) is 1. The van der Waals surface area contributed by atoms with Crippen molar-refractivity contribution in [3.8, 4) is 0 Å². The number of rotatable bonds is 3. The Balaban J connectivity index is 1.95. The highest BCUT2D eigenvalue weighted by atomic mass is 32.2. The SMILES string of the molecule is CC(=O)N[C@@H]1C(=O)N2C=C(COC(C)=O)CS[C@H]12. The maximum absolute atomic E-state index is 11.8. The predicted molar refractivity (Wildman–Crippen MR) is 65.4 cm³/mol. The quantitative estimate of drug-likeness (QED) is 0.570. The van der Waals surface area contributed by atoms with Crippen LogP contribution in [0.1, 0.15) is 13.8 Å². The zero-order valence-electron chi connectivity index (χ0n) is 10.1. The van der Waals surface area contributed by atoms with Gasteiger partial charge in [-0.25, -0.2) is 0 Å². The molecule has 2 rings (SSSR count). The van der Waals surface area contributed by atoms with Gasteiger partial charge in [-0.2, -0.15) is 0 Å². The Hall–Kier alpha value is -1.50. The van der Waals surface area contributed by atoms with E-state index in [2.05, 4.69) is 5.32 Å². The Morgan fingerprint density at radius 2 is 2.28 bits per heavy atom. The van der Waals surface area contributed by atoms with Crippen LogP contribution >= 0.6 is 11.8 Å². The van der Waals surface area contributed by atoms with E-state index < -0.39 is 6.04 Å². The minimum Gasteiger partial charge on any atom is -0.461 e. The second kappa shape index (κ2) is 5.01. The third-order valence-corrected chi connectivity index (χ3v) is 4.04. The maximum atomic E-state index is 11.8. The molecule has 2 atom stereocenters. The van der Waals surface area contributed by atoms with Crippen LogP contribution in [-0.4, -0.2) is 46.5 Å². The summed E-state index contributed by atoms with van der Waals surface area (Å²) in [6.45, 7) is 2.95. The van der Waals surface area contributed by atoms with Crippen molar-refractivity contribution in [2.45, 2.75) is 25.3 Å². The first-order chi connectivity index (χ1) is 8.49. The molecule has 98 valence electrons. The van der Waals surface area contributed by atoms with Gasteiger partial charge >= 0.3 is 5.97 Å². The molecule has 1 N–H and O–H groups in total. The summed E-state index contributed by atoms with van der Waals surface area (Å²) in [6, 6.07) is -0.431. The highest BCUT2D eigenvalue weighted by molar-refractivity contribution is 8.00. The number of carbonyl (C=O) groups excluding carboxylic acids is 3. The maximum Gasteiger partial charge on any atom is 0.302 e.